The average Bonchev–Trinajstić information content (AvgIpc) is 2.34. The second-order valence-electron chi connectivity index (χ2n) is 6.09. The second-order valence-corrected chi connectivity index (χ2v) is 7.84. The van der Waals surface area contributed by atoms with Crippen LogP contribution in [0.15, 0.2) is 18.2 Å². The lowest BCUT2D eigenvalue weighted by molar-refractivity contribution is 0.471. The Balaban J connectivity index is 2.02. The summed E-state index contributed by atoms with van der Waals surface area (Å²) in [5, 5.41) is 3.60. The van der Waals surface area contributed by atoms with E-state index in [1.807, 2.05) is 25.1 Å². The van der Waals surface area contributed by atoms with Crippen molar-refractivity contribution < 1.29 is 8.42 Å². The van der Waals surface area contributed by atoms with Crippen molar-refractivity contribution in [3.8, 4) is 0 Å². The van der Waals surface area contributed by atoms with Gasteiger partial charge in [-0.05, 0) is 43.5 Å². The van der Waals surface area contributed by atoms with E-state index >= 15 is 0 Å². The molecular formula is C16H26N2O2S. The van der Waals surface area contributed by atoms with E-state index in [0.29, 0.717) is 11.7 Å². The maximum atomic E-state index is 11.3. The summed E-state index contributed by atoms with van der Waals surface area (Å²) in [6.45, 7) is 1.93. The first-order valence-electron chi connectivity index (χ1n) is 7.79. The summed E-state index contributed by atoms with van der Waals surface area (Å²) in [6.07, 6.45) is 10.3. The molecule has 0 unspecified atom stereocenters. The lowest BCUT2D eigenvalue weighted by Gasteiger charge is -2.22. The quantitative estimate of drug-likeness (QED) is 0.887. The van der Waals surface area contributed by atoms with Gasteiger partial charge in [-0.1, -0.05) is 32.1 Å². The van der Waals surface area contributed by atoms with Crippen LogP contribution in [0.3, 0.4) is 0 Å². The third-order valence-electron chi connectivity index (χ3n) is 4.00. The van der Waals surface area contributed by atoms with Gasteiger partial charge in [0, 0.05) is 11.7 Å². The number of benzene rings is 1. The van der Waals surface area contributed by atoms with Gasteiger partial charge in [0.25, 0.3) is 0 Å². The van der Waals surface area contributed by atoms with E-state index in [1.165, 1.54) is 51.2 Å². The molecule has 1 fully saturated rings. The van der Waals surface area contributed by atoms with Crippen LogP contribution in [0, 0.1) is 6.92 Å². The molecule has 1 saturated carbocycles. The van der Waals surface area contributed by atoms with E-state index in [4.69, 9.17) is 0 Å². The Morgan fingerprint density at radius 2 is 1.67 bits per heavy atom. The second kappa shape index (κ2) is 7.16. The van der Waals surface area contributed by atoms with Crippen LogP contribution in [0.4, 0.5) is 11.4 Å². The molecule has 0 heterocycles. The van der Waals surface area contributed by atoms with Gasteiger partial charge >= 0.3 is 0 Å². The number of aryl methyl sites for hydroxylation is 1. The fourth-order valence-corrected chi connectivity index (χ4v) is 3.53. The zero-order chi connectivity index (χ0) is 15.3. The Bertz CT molecular complexity index is 562. The summed E-state index contributed by atoms with van der Waals surface area (Å²) in [5.74, 6) is 0. The van der Waals surface area contributed by atoms with E-state index in [-0.39, 0.29) is 0 Å². The first-order chi connectivity index (χ1) is 9.94. The number of sulfonamides is 1. The Morgan fingerprint density at radius 1 is 1.05 bits per heavy atom. The normalized spacial score (nSPS) is 17.8. The first-order valence-corrected chi connectivity index (χ1v) is 9.68. The molecule has 5 heteroatoms. The lowest BCUT2D eigenvalue weighted by Crippen LogP contribution is -2.20. The van der Waals surface area contributed by atoms with Gasteiger partial charge in [-0.25, -0.2) is 8.42 Å². The number of rotatable bonds is 4. The van der Waals surface area contributed by atoms with Gasteiger partial charge in [0.05, 0.1) is 11.9 Å². The van der Waals surface area contributed by atoms with Gasteiger partial charge in [-0.15, -0.1) is 0 Å². The molecule has 1 aliphatic rings. The zero-order valence-corrected chi connectivity index (χ0v) is 13.8. The highest BCUT2D eigenvalue weighted by atomic mass is 32.2. The van der Waals surface area contributed by atoms with E-state index in [2.05, 4.69) is 10.0 Å². The predicted octanol–water partition coefficient (Wildman–Crippen LogP) is 3.89. The molecule has 2 N–H and O–H groups in total. The molecule has 2 rings (SSSR count). The first kappa shape index (κ1) is 16.1. The van der Waals surface area contributed by atoms with Crippen LogP contribution in [0.2, 0.25) is 0 Å². The van der Waals surface area contributed by atoms with Crippen LogP contribution in [-0.2, 0) is 10.0 Å². The molecule has 0 aliphatic heterocycles. The maximum Gasteiger partial charge on any atom is 0.229 e. The number of nitrogens with one attached hydrogen (secondary N) is 2. The van der Waals surface area contributed by atoms with E-state index in [0.717, 1.165) is 11.3 Å². The van der Waals surface area contributed by atoms with Crippen LogP contribution < -0.4 is 10.0 Å². The van der Waals surface area contributed by atoms with Crippen molar-refractivity contribution in [3.05, 3.63) is 23.8 Å². The van der Waals surface area contributed by atoms with Crippen LogP contribution in [-0.4, -0.2) is 20.7 Å². The van der Waals surface area contributed by atoms with Crippen LogP contribution >= 0.6 is 0 Å². The number of hydrogen-bond donors (Lipinski definition) is 2. The fourth-order valence-electron chi connectivity index (χ4n) is 2.90. The molecule has 4 nitrogen and oxygen atoms in total. The van der Waals surface area contributed by atoms with Crippen LogP contribution in [0.25, 0.3) is 0 Å². The molecule has 1 aliphatic carbocycles. The SMILES string of the molecule is Cc1cc(NC2CCCCCCC2)ccc1NS(C)(=O)=O. The third-order valence-corrected chi connectivity index (χ3v) is 4.59. The van der Waals surface area contributed by atoms with Crippen molar-refractivity contribution in [1.29, 1.82) is 0 Å². The van der Waals surface area contributed by atoms with Gasteiger partial charge in [0.1, 0.15) is 0 Å². The molecular weight excluding hydrogens is 284 g/mol. The maximum absolute atomic E-state index is 11.3. The van der Waals surface area contributed by atoms with Crippen molar-refractivity contribution in [1.82, 2.24) is 0 Å². The Morgan fingerprint density at radius 3 is 2.24 bits per heavy atom. The van der Waals surface area contributed by atoms with E-state index in [1.54, 1.807) is 0 Å². The van der Waals surface area contributed by atoms with E-state index < -0.39 is 10.0 Å². The van der Waals surface area contributed by atoms with Crippen molar-refractivity contribution in [2.45, 2.75) is 57.9 Å². The Hall–Kier alpha value is -1.23. The predicted molar refractivity (Wildman–Crippen MR) is 89.4 cm³/mol. The highest BCUT2D eigenvalue weighted by Gasteiger charge is 2.12. The molecule has 118 valence electrons. The average molecular weight is 310 g/mol. The monoisotopic (exact) mass is 310 g/mol. The van der Waals surface area contributed by atoms with Crippen LogP contribution in [0.5, 0.6) is 0 Å². The number of anilines is 2. The van der Waals surface area contributed by atoms with E-state index in [9.17, 15) is 8.42 Å². The summed E-state index contributed by atoms with van der Waals surface area (Å²) >= 11 is 0. The summed E-state index contributed by atoms with van der Waals surface area (Å²) in [4.78, 5) is 0. The number of hydrogen-bond acceptors (Lipinski definition) is 3. The molecule has 0 spiro atoms. The van der Waals surface area contributed by atoms with Crippen molar-refractivity contribution >= 4 is 21.4 Å². The Kier molecular flexibility index (Phi) is 5.51. The Labute approximate surface area is 128 Å². The van der Waals surface area contributed by atoms with Gasteiger partial charge in [-0.2, -0.15) is 0 Å². The molecule has 0 radical (unpaired) electrons. The summed E-state index contributed by atoms with van der Waals surface area (Å²) in [6, 6.07) is 6.35. The molecule has 0 bridgehead atoms. The molecule has 0 aromatic heterocycles. The largest absolute Gasteiger partial charge is 0.382 e. The third kappa shape index (κ3) is 5.58. The summed E-state index contributed by atoms with van der Waals surface area (Å²) in [7, 11) is -3.22. The smallest absolute Gasteiger partial charge is 0.229 e. The van der Waals surface area contributed by atoms with Crippen molar-refractivity contribution in [2.24, 2.45) is 0 Å². The van der Waals surface area contributed by atoms with Gasteiger partial charge in [0.15, 0.2) is 0 Å². The highest BCUT2D eigenvalue weighted by Crippen LogP contribution is 2.24. The molecule has 1 aromatic rings. The molecule has 1 aromatic carbocycles. The molecule has 0 saturated heterocycles. The summed E-state index contributed by atoms with van der Waals surface area (Å²) in [5.41, 5.74) is 2.68. The lowest BCUT2D eigenvalue weighted by atomic mass is 9.96. The van der Waals surface area contributed by atoms with Crippen LogP contribution in [0.1, 0.15) is 50.5 Å². The van der Waals surface area contributed by atoms with Gasteiger partial charge in [0.2, 0.25) is 10.0 Å². The topological polar surface area (TPSA) is 58.2 Å². The molecule has 21 heavy (non-hydrogen) atoms. The minimum atomic E-state index is -3.22. The minimum Gasteiger partial charge on any atom is -0.382 e. The van der Waals surface area contributed by atoms with Gasteiger partial charge < -0.3 is 5.32 Å². The highest BCUT2D eigenvalue weighted by molar-refractivity contribution is 7.92. The zero-order valence-electron chi connectivity index (χ0n) is 13.0. The van der Waals surface area contributed by atoms with Gasteiger partial charge in [-0.3, -0.25) is 4.72 Å². The standard InChI is InChI=1S/C16H26N2O2S/c1-13-12-15(10-11-16(13)18-21(2,19)20)17-14-8-6-4-3-5-7-9-14/h10-12,14,17-18H,3-9H2,1-2H3. The molecule has 0 amide bonds. The fraction of sp³-hybridized carbons (Fsp3) is 0.625. The minimum absolute atomic E-state index is 0.540. The summed E-state index contributed by atoms with van der Waals surface area (Å²) < 4.78 is 25.1. The van der Waals surface area contributed by atoms with Crippen molar-refractivity contribution in [3.63, 3.8) is 0 Å². The molecule has 0 atom stereocenters. The van der Waals surface area contributed by atoms with Crippen molar-refractivity contribution in [2.75, 3.05) is 16.3 Å².